The minimum atomic E-state index is 0.605. The van der Waals surface area contributed by atoms with Gasteiger partial charge in [-0.2, -0.15) is 0 Å². The zero-order valence-corrected chi connectivity index (χ0v) is 12.8. The van der Waals surface area contributed by atoms with Crippen molar-refractivity contribution in [2.24, 2.45) is 0 Å². The predicted octanol–water partition coefficient (Wildman–Crippen LogP) is 2.98. The number of hydrogen-bond acceptors (Lipinski definition) is 3. The van der Waals surface area contributed by atoms with Gasteiger partial charge in [-0.05, 0) is 50.4 Å². The van der Waals surface area contributed by atoms with Crippen LogP contribution in [0.4, 0.5) is 5.69 Å². The molecule has 0 radical (unpaired) electrons. The molecule has 4 nitrogen and oxygen atoms in total. The number of anilines is 1. The van der Waals surface area contributed by atoms with Gasteiger partial charge in [-0.3, -0.25) is 0 Å². The largest absolute Gasteiger partial charge is 0.399 e. The van der Waals surface area contributed by atoms with Gasteiger partial charge in [0.15, 0.2) is 0 Å². The molecule has 2 fully saturated rings. The highest BCUT2D eigenvalue weighted by Crippen LogP contribution is 2.36. The third-order valence-corrected chi connectivity index (χ3v) is 5.26. The maximum absolute atomic E-state index is 5.92. The van der Waals surface area contributed by atoms with Gasteiger partial charge in [0.1, 0.15) is 5.82 Å². The van der Waals surface area contributed by atoms with Crippen molar-refractivity contribution in [1.82, 2.24) is 14.5 Å². The smallest absolute Gasteiger partial charge is 0.109 e. The number of nitrogens with zero attached hydrogens (tertiary/aromatic N) is 3. The molecule has 3 heterocycles. The molecule has 2 atom stereocenters. The third-order valence-electron chi connectivity index (χ3n) is 5.26. The summed E-state index contributed by atoms with van der Waals surface area (Å²) in [6.07, 6.45) is 6.26. The van der Waals surface area contributed by atoms with Gasteiger partial charge < -0.3 is 15.2 Å². The number of fused-ring (bicyclic) bond motifs is 2. The Labute approximate surface area is 125 Å². The van der Waals surface area contributed by atoms with Gasteiger partial charge in [0.25, 0.3) is 0 Å². The van der Waals surface area contributed by atoms with Gasteiger partial charge >= 0.3 is 0 Å². The van der Waals surface area contributed by atoms with Crippen LogP contribution in [0.1, 0.15) is 44.5 Å². The summed E-state index contributed by atoms with van der Waals surface area (Å²) in [6, 6.07) is 7.56. The number of hydrogen-bond donors (Lipinski definition) is 1. The average molecular weight is 284 g/mol. The van der Waals surface area contributed by atoms with E-state index in [4.69, 9.17) is 10.7 Å². The Kier molecular flexibility index (Phi) is 3.14. The summed E-state index contributed by atoms with van der Waals surface area (Å²) < 4.78 is 2.50. The van der Waals surface area contributed by atoms with E-state index in [1.165, 1.54) is 50.1 Å². The quantitative estimate of drug-likeness (QED) is 0.862. The van der Waals surface area contributed by atoms with E-state index in [0.29, 0.717) is 6.04 Å². The van der Waals surface area contributed by atoms with Crippen LogP contribution in [-0.4, -0.2) is 33.6 Å². The lowest BCUT2D eigenvalue weighted by molar-refractivity contribution is 0.156. The van der Waals surface area contributed by atoms with E-state index in [9.17, 15) is 0 Å². The fraction of sp³-hybridized carbons (Fsp3) is 0.588. The molecule has 0 amide bonds. The highest BCUT2D eigenvalue weighted by Gasteiger charge is 2.33. The number of nitrogens with two attached hydrogens (primary N) is 1. The first-order valence-corrected chi connectivity index (χ1v) is 8.26. The Morgan fingerprint density at radius 1 is 1.24 bits per heavy atom. The SMILES string of the molecule is CCc1nc2cc(N)ccc2n1C1CCN2CCCC2C1. The van der Waals surface area contributed by atoms with Crippen LogP contribution in [0.25, 0.3) is 11.0 Å². The molecule has 112 valence electrons. The second kappa shape index (κ2) is 5.02. The van der Waals surface area contributed by atoms with Crippen molar-refractivity contribution in [2.45, 2.75) is 51.1 Å². The summed E-state index contributed by atoms with van der Waals surface area (Å²) >= 11 is 0. The molecule has 2 aliphatic heterocycles. The van der Waals surface area contributed by atoms with Crippen molar-refractivity contribution in [3.8, 4) is 0 Å². The summed E-state index contributed by atoms with van der Waals surface area (Å²) in [4.78, 5) is 7.50. The van der Waals surface area contributed by atoms with E-state index >= 15 is 0 Å². The topological polar surface area (TPSA) is 47.1 Å². The van der Waals surface area contributed by atoms with Gasteiger partial charge in [0.2, 0.25) is 0 Å². The van der Waals surface area contributed by atoms with Crippen LogP contribution in [0.15, 0.2) is 18.2 Å². The van der Waals surface area contributed by atoms with Gasteiger partial charge in [-0.25, -0.2) is 4.98 Å². The monoisotopic (exact) mass is 284 g/mol. The molecule has 1 aromatic heterocycles. The molecular formula is C17H24N4. The van der Waals surface area contributed by atoms with Crippen LogP contribution >= 0.6 is 0 Å². The molecule has 4 heteroatoms. The zero-order chi connectivity index (χ0) is 14.4. The molecule has 21 heavy (non-hydrogen) atoms. The molecule has 2 N–H and O–H groups in total. The second-order valence-electron chi connectivity index (χ2n) is 6.51. The van der Waals surface area contributed by atoms with Gasteiger partial charge in [0.05, 0.1) is 11.0 Å². The van der Waals surface area contributed by atoms with Crippen molar-refractivity contribution >= 4 is 16.7 Å². The van der Waals surface area contributed by atoms with Crippen molar-refractivity contribution in [3.63, 3.8) is 0 Å². The van der Waals surface area contributed by atoms with Crippen molar-refractivity contribution in [3.05, 3.63) is 24.0 Å². The first kappa shape index (κ1) is 13.1. The number of imidazole rings is 1. The van der Waals surface area contributed by atoms with Crippen molar-refractivity contribution in [2.75, 3.05) is 18.8 Å². The van der Waals surface area contributed by atoms with Crippen LogP contribution in [0.3, 0.4) is 0 Å². The molecule has 2 unspecified atom stereocenters. The fourth-order valence-electron chi connectivity index (χ4n) is 4.26. The van der Waals surface area contributed by atoms with E-state index in [0.717, 1.165) is 23.7 Å². The number of rotatable bonds is 2. The van der Waals surface area contributed by atoms with Crippen molar-refractivity contribution < 1.29 is 0 Å². The highest BCUT2D eigenvalue weighted by molar-refractivity contribution is 5.79. The fourth-order valence-corrected chi connectivity index (χ4v) is 4.26. The molecule has 2 saturated heterocycles. The number of aromatic nitrogens is 2. The number of benzene rings is 1. The van der Waals surface area contributed by atoms with Crippen molar-refractivity contribution in [1.29, 1.82) is 0 Å². The lowest BCUT2D eigenvalue weighted by Crippen LogP contribution is -2.38. The molecule has 0 spiro atoms. The first-order chi connectivity index (χ1) is 10.3. The second-order valence-corrected chi connectivity index (χ2v) is 6.51. The molecule has 1 aromatic carbocycles. The molecule has 0 aliphatic carbocycles. The number of aryl methyl sites for hydroxylation is 1. The third kappa shape index (κ3) is 2.13. The number of nitrogen functional groups attached to an aromatic ring is 1. The highest BCUT2D eigenvalue weighted by atomic mass is 15.2. The Morgan fingerprint density at radius 2 is 2.14 bits per heavy atom. The number of piperidine rings is 1. The molecule has 4 rings (SSSR count). The Hall–Kier alpha value is -1.55. The van der Waals surface area contributed by atoms with Gasteiger partial charge in [-0.1, -0.05) is 6.92 Å². The summed E-state index contributed by atoms with van der Waals surface area (Å²) in [6.45, 7) is 4.75. The molecular weight excluding hydrogens is 260 g/mol. The summed E-state index contributed by atoms with van der Waals surface area (Å²) in [5.74, 6) is 1.21. The normalized spacial score (nSPS) is 26.3. The van der Waals surface area contributed by atoms with E-state index < -0.39 is 0 Å². The molecule has 0 bridgehead atoms. The van der Waals surface area contributed by atoms with E-state index in [2.05, 4.69) is 22.5 Å². The first-order valence-electron chi connectivity index (χ1n) is 8.26. The zero-order valence-electron chi connectivity index (χ0n) is 12.8. The molecule has 0 saturated carbocycles. The molecule has 2 aliphatic rings. The van der Waals surface area contributed by atoms with E-state index in [1.54, 1.807) is 0 Å². The van der Waals surface area contributed by atoms with E-state index in [1.807, 2.05) is 12.1 Å². The van der Waals surface area contributed by atoms with Crippen LogP contribution in [0, 0.1) is 0 Å². The Bertz CT molecular complexity index is 660. The van der Waals surface area contributed by atoms with Gasteiger partial charge in [-0.15, -0.1) is 0 Å². The predicted molar refractivity (Wildman–Crippen MR) is 86.4 cm³/mol. The van der Waals surface area contributed by atoms with Crippen LogP contribution in [0.5, 0.6) is 0 Å². The maximum Gasteiger partial charge on any atom is 0.109 e. The lowest BCUT2D eigenvalue weighted by Gasteiger charge is -2.36. The summed E-state index contributed by atoms with van der Waals surface area (Å²) in [7, 11) is 0. The van der Waals surface area contributed by atoms with Gasteiger partial charge in [0, 0.05) is 30.7 Å². The van der Waals surface area contributed by atoms with Crippen LogP contribution < -0.4 is 5.73 Å². The molecule has 2 aromatic rings. The summed E-state index contributed by atoms with van der Waals surface area (Å²) in [5, 5.41) is 0. The van der Waals surface area contributed by atoms with Crippen LogP contribution in [0.2, 0.25) is 0 Å². The standard InChI is InChI=1S/C17H24N4/c1-2-17-19-15-10-12(18)5-6-16(15)21(17)14-7-9-20-8-3-4-13(20)11-14/h5-6,10,13-14H,2-4,7-9,11,18H2,1H3. The average Bonchev–Trinajstić information content (AvgIpc) is 3.09. The van der Waals surface area contributed by atoms with E-state index in [-0.39, 0.29) is 0 Å². The van der Waals surface area contributed by atoms with Crippen LogP contribution in [-0.2, 0) is 6.42 Å². The maximum atomic E-state index is 5.92. The summed E-state index contributed by atoms with van der Waals surface area (Å²) in [5.41, 5.74) is 9.04. The Balaban J connectivity index is 1.74. The minimum absolute atomic E-state index is 0.605. The lowest BCUT2D eigenvalue weighted by atomic mass is 9.97. The minimum Gasteiger partial charge on any atom is -0.399 e. The Morgan fingerprint density at radius 3 is 3.00 bits per heavy atom.